The predicted molar refractivity (Wildman–Crippen MR) is 41.8 cm³/mol. The summed E-state index contributed by atoms with van der Waals surface area (Å²) in [6.45, 7) is 3.11. The van der Waals surface area contributed by atoms with Gasteiger partial charge in [0.15, 0.2) is 0 Å². The molecule has 1 aliphatic rings. The van der Waals surface area contributed by atoms with Gasteiger partial charge in [0.2, 0.25) is 0 Å². The molecule has 0 saturated carbocycles. The molecular weight excluding hydrogens is 141 g/mol. The smallest absolute Gasteiger partial charge is 0.123 e. The maximum Gasteiger partial charge on any atom is 0.123 e. The fraction of sp³-hybridized carbons (Fsp3) is 0.333. The van der Waals surface area contributed by atoms with Crippen LogP contribution < -0.4 is 5.32 Å². The van der Waals surface area contributed by atoms with Gasteiger partial charge < -0.3 is 5.32 Å². The second kappa shape index (κ2) is 2.05. The van der Waals surface area contributed by atoms with Gasteiger partial charge in [0.05, 0.1) is 5.54 Å². The van der Waals surface area contributed by atoms with Gasteiger partial charge in [-0.05, 0) is 24.6 Å². The van der Waals surface area contributed by atoms with Gasteiger partial charge in [0.25, 0.3) is 0 Å². The average molecular weight is 151 g/mol. The minimum absolute atomic E-state index is 0.119. The van der Waals surface area contributed by atoms with E-state index in [1.165, 1.54) is 17.7 Å². The fourth-order valence-electron chi connectivity index (χ4n) is 1.15. The third-order valence-electron chi connectivity index (χ3n) is 2.19. The summed E-state index contributed by atoms with van der Waals surface area (Å²) in [6, 6.07) is 6.66. The lowest BCUT2D eigenvalue weighted by atomic mass is 10.0. The number of hydrogen-bond donors (Lipinski definition) is 1. The number of nitrogens with one attached hydrogen (secondary N) is 1. The van der Waals surface area contributed by atoms with Crippen molar-refractivity contribution >= 4 is 0 Å². The fourth-order valence-corrected chi connectivity index (χ4v) is 1.15. The molecule has 1 unspecified atom stereocenters. The number of halogens is 1. The molecule has 1 saturated heterocycles. The van der Waals surface area contributed by atoms with E-state index in [4.69, 9.17) is 0 Å². The number of hydrogen-bond acceptors (Lipinski definition) is 1. The van der Waals surface area contributed by atoms with Gasteiger partial charge in [0.1, 0.15) is 5.82 Å². The Morgan fingerprint density at radius 2 is 1.91 bits per heavy atom. The standard InChI is InChI=1S/C9H10FN/c1-9(6-11-9)7-2-4-8(10)5-3-7/h2-5,11H,6H2,1H3. The minimum Gasteiger partial charge on any atom is -0.304 e. The van der Waals surface area contributed by atoms with Crippen LogP contribution in [0, 0.1) is 5.82 Å². The van der Waals surface area contributed by atoms with E-state index in [9.17, 15) is 4.39 Å². The summed E-state index contributed by atoms with van der Waals surface area (Å²) in [7, 11) is 0. The van der Waals surface area contributed by atoms with Gasteiger partial charge >= 0.3 is 0 Å². The molecule has 1 N–H and O–H groups in total. The summed E-state index contributed by atoms with van der Waals surface area (Å²) in [5.41, 5.74) is 1.28. The summed E-state index contributed by atoms with van der Waals surface area (Å²) in [4.78, 5) is 0. The van der Waals surface area contributed by atoms with E-state index in [-0.39, 0.29) is 11.4 Å². The van der Waals surface area contributed by atoms with Crippen molar-refractivity contribution in [1.29, 1.82) is 0 Å². The molecule has 0 radical (unpaired) electrons. The Hall–Kier alpha value is -0.890. The summed E-state index contributed by atoms with van der Waals surface area (Å²) in [6.07, 6.45) is 0. The summed E-state index contributed by atoms with van der Waals surface area (Å²) in [5.74, 6) is -0.169. The van der Waals surface area contributed by atoms with Crippen molar-refractivity contribution in [3.8, 4) is 0 Å². The van der Waals surface area contributed by atoms with E-state index in [0.29, 0.717) is 0 Å². The van der Waals surface area contributed by atoms with Gasteiger partial charge in [0, 0.05) is 6.54 Å². The maximum absolute atomic E-state index is 12.5. The van der Waals surface area contributed by atoms with Crippen LogP contribution in [-0.2, 0) is 5.54 Å². The quantitative estimate of drug-likeness (QED) is 0.605. The van der Waals surface area contributed by atoms with Crippen LogP contribution in [0.1, 0.15) is 12.5 Å². The molecule has 0 aliphatic carbocycles. The molecule has 1 aliphatic heterocycles. The largest absolute Gasteiger partial charge is 0.304 e. The van der Waals surface area contributed by atoms with Crippen molar-refractivity contribution in [3.63, 3.8) is 0 Å². The van der Waals surface area contributed by atoms with Gasteiger partial charge in [-0.3, -0.25) is 0 Å². The van der Waals surface area contributed by atoms with E-state index in [0.717, 1.165) is 6.54 Å². The Balaban J connectivity index is 2.33. The lowest BCUT2D eigenvalue weighted by Gasteiger charge is -2.05. The van der Waals surface area contributed by atoms with Crippen LogP contribution in [0.5, 0.6) is 0 Å². The molecule has 1 nitrogen and oxygen atoms in total. The van der Waals surface area contributed by atoms with Gasteiger partial charge in [-0.1, -0.05) is 12.1 Å². The topological polar surface area (TPSA) is 21.9 Å². The molecule has 0 amide bonds. The maximum atomic E-state index is 12.5. The van der Waals surface area contributed by atoms with Crippen molar-refractivity contribution in [2.24, 2.45) is 0 Å². The molecule has 2 heteroatoms. The van der Waals surface area contributed by atoms with E-state index < -0.39 is 0 Å². The number of rotatable bonds is 1. The summed E-state index contributed by atoms with van der Waals surface area (Å²) in [5, 5.41) is 3.22. The third-order valence-corrected chi connectivity index (χ3v) is 2.19. The van der Waals surface area contributed by atoms with E-state index in [2.05, 4.69) is 12.2 Å². The predicted octanol–water partition coefficient (Wildman–Crippen LogP) is 1.64. The van der Waals surface area contributed by atoms with Crippen LogP contribution in [0.2, 0.25) is 0 Å². The van der Waals surface area contributed by atoms with Gasteiger partial charge in [-0.2, -0.15) is 0 Å². The molecule has 58 valence electrons. The van der Waals surface area contributed by atoms with Crippen LogP contribution in [0.25, 0.3) is 0 Å². The Kier molecular flexibility index (Phi) is 1.26. The molecule has 0 spiro atoms. The van der Waals surface area contributed by atoms with E-state index >= 15 is 0 Å². The molecule has 0 aromatic heterocycles. The molecule has 2 rings (SSSR count). The normalized spacial score (nSPS) is 28.5. The average Bonchev–Trinajstić information content (AvgIpc) is 2.70. The molecule has 0 bridgehead atoms. The first kappa shape index (κ1) is 6.80. The molecule has 1 fully saturated rings. The van der Waals surface area contributed by atoms with Crippen molar-refractivity contribution in [1.82, 2.24) is 5.32 Å². The van der Waals surface area contributed by atoms with Crippen molar-refractivity contribution < 1.29 is 4.39 Å². The van der Waals surface area contributed by atoms with Gasteiger partial charge in [-0.25, -0.2) is 4.39 Å². The third kappa shape index (κ3) is 1.14. The molecular formula is C9H10FN. The Bertz CT molecular complexity index is 261. The zero-order chi connectivity index (χ0) is 7.90. The second-order valence-corrected chi connectivity index (χ2v) is 3.19. The monoisotopic (exact) mass is 151 g/mol. The zero-order valence-electron chi connectivity index (χ0n) is 6.39. The molecule has 1 heterocycles. The lowest BCUT2D eigenvalue weighted by Crippen LogP contribution is -2.05. The van der Waals surface area contributed by atoms with Crippen molar-refractivity contribution in [3.05, 3.63) is 35.6 Å². The summed E-state index contributed by atoms with van der Waals surface area (Å²) >= 11 is 0. The first-order valence-electron chi connectivity index (χ1n) is 3.72. The van der Waals surface area contributed by atoms with Crippen molar-refractivity contribution in [2.45, 2.75) is 12.5 Å². The van der Waals surface area contributed by atoms with E-state index in [1.807, 2.05) is 12.1 Å². The highest BCUT2D eigenvalue weighted by atomic mass is 19.1. The highest BCUT2D eigenvalue weighted by Crippen LogP contribution is 2.29. The Labute approximate surface area is 65.2 Å². The van der Waals surface area contributed by atoms with Crippen molar-refractivity contribution in [2.75, 3.05) is 6.54 Å². The Morgan fingerprint density at radius 1 is 1.36 bits per heavy atom. The Morgan fingerprint density at radius 3 is 2.36 bits per heavy atom. The molecule has 1 aromatic rings. The van der Waals surface area contributed by atoms with Gasteiger partial charge in [-0.15, -0.1) is 0 Å². The first-order valence-corrected chi connectivity index (χ1v) is 3.72. The van der Waals surface area contributed by atoms with Crippen LogP contribution in [0.3, 0.4) is 0 Å². The van der Waals surface area contributed by atoms with Crippen LogP contribution in [0.4, 0.5) is 4.39 Å². The second-order valence-electron chi connectivity index (χ2n) is 3.19. The molecule has 11 heavy (non-hydrogen) atoms. The van der Waals surface area contributed by atoms with E-state index in [1.54, 1.807) is 0 Å². The number of benzene rings is 1. The first-order chi connectivity index (χ1) is 5.21. The lowest BCUT2D eigenvalue weighted by molar-refractivity contribution is 0.625. The van der Waals surface area contributed by atoms with Crippen LogP contribution in [0.15, 0.2) is 24.3 Å². The molecule has 1 atom stereocenters. The highest BCUT2D eigenvalue weighted by Gasteiger charge is 2.37. The SMILES string of the molecule is CC1(c2ccc(F)cc2)CN1. The summed E-state index contributed by atoms with van der Waals surface area (Å²) < 4.78 is 12.5. The minimum atomic E-state index is -0.169. The highest BCUT2D eigenvalue weighted by molar-refractivity contribution is 5.29. The zero-order valence-corrected chi connectivity index (χ0v) is 6.39. The van der Waals surface area contributed by atoms with Crippen LogP contribution >= 0.6 is 0 Å². The molecule has 1 aromatic carbocycles. The van der Waals surface area contributed by atoms with Crippen LogP contribution in [-0.4, -0.2) is 6.54 Å².